The molecule has 2 heterocycles. The van der Waals surface area contributed by atoms with Crippen LogP contribution in [0.4, 0.5) is 5.82 Å². The number of rotatable bonds is 6. The van der Waals surface area contributed by atoms with Crippen LogP contribution in [0.2, 0.25) is 5.02 Å². The number of carbonyl (C=O) groups is 1. The molecule has 0 saturated carbocycles. The molecule has 0 saturated heterocycles. The first-order valence-corrected chi connectivity index (χ1v) is 7.88. The van der Waals surface area contributed by atoms with Crippen molar-refractivity contribution in [2.24, 2.45) is 5.84 Å². The van der Waals surface area contributed by atoms with Crippen LogP contribution in [0.1, 0.15) is 41.0 Å². The minimum Gasteiger partial charge on any atom is -0.344 e. The van der Waals surface area contributed by atoms with Crippen LogP contribution in [0.5, 0.6) is 0 Å². The van der Waals surface area contributed by atoms with Gasteiger partial charge in [-0.15, -0.1) is 11.3 Å². The molecule has 2 aromatic rings. The maximum atomic E-state index is 12.3. The van der Waals surface area contributed by atoms with E-state index in [4.69, 9.17) is 17.4 Å². The van der Waals surface area contributed by atoms with Crippen LogP contribution in [-0.4, -0.2) is 10.9 Å². The lowest BCUT2D eigenvalue weighted by molar-refractivity contribution is 0.0935. The second kappa shape index (κ2) is 7.40. The van der Waals surface area contributed by atoms with Crippen molar-refractivity contribution < 1.29 is 4.79 Å². The van der Waals surface area contributed by atoms with Crippen molar-refractivity contribution in [1.29, 1.82) is 0 Å². The molecular formula is C14H17ClN4OS. The molecule has 0 radical (unpaired) electrons. The van der Waals surface area contributed by atoms with E-state index >= 15 is 0 Å². The number of nitrogens with two attached hydrogens (primary N) is 1. The third-order valence-corrected chi connectivity index (χ3v) is 4.28. The minimum atomic E-state index is -0.195. The molecule has 2 rings (SSSR count). The highest BCUT2D eigenvalue weighted by Gasteiger charge is 2.17. The quantitative estimate of drug-likeness (QED) is 0.562. The summed E-state index contributed by atoms with van der Waals surface area (Å²) in [5, 5.41) is 5.34. The van der Waals surface area contributed by atoms with Crippen LogP contribution in [0.3, 0.4) is 0 Å². The molecule has 1 amide bonds. The van der Waals surface area contributed by atoms with Gasteiger partial charge in [-0.3, -0.25) is 4.79 Å². The van der Waals surface area contributed by atoms with Gasteiger partial charge in [0.2, 0.25) is 0 Å². The number of carbonyl (C=O) groups excluding carboxylic acids is 1. The first-order chi connectivity index (χ1) is 10.2. The molecule has 0 aromatic carbocycles. The number of nitrogens with one attached hydrogen (secondary N) is 2. The van der Waals surface area contributed by atoms with Crippen LogP contribution in [0, 0.1) is 0 Å². The number of nitrogen functional groups attached to an aromatic ring is 1. The van der Waals surface area contributed by atoms with Crippen molar-refractivity contribution >= 4 is 34.7 Å². The van der Waals surface area contributed by atoms with E-state index < -0.39 is 0 Å². The summed E-state index contributed by atoms with van der Waals surface area (Å²) in [6.45, 7) is 2.09. The Morgan fingerprint density at radius 2 is 2.38 bits per heavy atom. The fraction of sp³-hybridized carbons (Fsp3) is 0.286. The lowest BCUT2D eigenvalue weighted by Crippen LogP contribution is -2.28. The van der Waals surface area contributed by atoms with E-state index in [1.165, 1.54) is 6.20 Å². The molecule has 21 heavy (non-hydrogen) atoms. The van der Waals surface area contributed by atoms with Gasteiger partial charge in [-0.1, -0.05) is 31.0 Å². The Labute approximate surface area is 132 Å². The van der Waals surface area contributed by atoms with Crippen LogP contribution < -0.4 is 16.6 Å². The molecule has 0 aliphatic carbocycles. The third kappa shape index (κ3) is 3.93. The van der Waals surface area contributed by atoms with Gasteiger partial charge in [0.25, 0.3) is 5.91 Å². The summed E-state index contributed by atoms with van der Waals surface area (Å²) in [5.41, 5.74) is 2.79. The highest BCUT2D eigenvalue weighted by molar-refractivity contribution is 7.10. The van der Waals surface area contributed by atoms with Crippen molar-refractivity contribution in [1.82, 2.24) is 10.3 Å². The predicted octanol–water partition coefficient (Wildman–Crippen LogP) is 3.35. The number of hydrazine groups is 1. The zero-order valence-corrected chi connectivity index (χ0v) is 13.2. The summed E-state index contributed by atoms with van der Waals surface area (Å²) in [7, 11) is 0. The second-order valence-corrected chi connectivity index (χ2v) is 5.92. The third-order valence-electron chi connectivity index (χ3n) is 3.01. The SMILES string of the molecule is CCCC(NC(=O)c1cnc(NN)c(Cl)c1)c1cccs1. The number of aromatic nitrogens is 1. The number of thiophene rings is 1. The summed E-state index contributed by atoms with van der Waals surface area (Å²) in [6.07, 6.45) is 3.32. The molecular weight excluding hydrogens is 308 g/mol. The zero-order valence-electron chi connectivity index (χ0n) is 11.6. The molecule has 112 valence electrons. The maximum Gasteiger partial charge on any atom is 0.253 e. The Bertz CT molecular complexity index is 603. The van der Waals surface area contributed by atoms with E-state index in [2.05, 4.69) is 22.7 Å². The molecule has 7 heteroatoms. The van der Waals surface area contributed by atoms with Gasteiger partial charge in [-0.2, -0.15) is 0 Å². The number of anilines is 1. The minimum absolute atomic E-state index is 0.00795. The molecule has 0 bridgehead atoms. The molecule has 0 spiro atoms. The number of nitrogens with zero attached hydrogens (tertiary/aromatic N) is 1. The van der Waals surface area contributed by atoms with Crippen molar-refractivity contribution in [3.05, 3.63) is 45.2 Å². The largest absolute Gasteiger partial charge is 0.344 e. The summed E-state index contributed by atoms with van der Waals surface area (Å²) in [5.74, 6) is 5.41. The molecule has 1 atom stereocenters. The van der Waals surface area contributed by atoms with Crippen molar-refractivity contribution in [2.75, 3.05) is 5.43 Å². The molecule has 0 aliphatic rings. The van der Waals surface area contributed by atoms with Crippen molar-refractivity contribution in [2.45, 2.75) is 25.8 Å². The van der Waals surface area contributed by atoms with Gasteiger partial charge in [0, 0.05) is 11.1 Å². The molecule has 2 aromatic heterocycles. The summed E-state index contributed by atoms with van der Waals surface area (Å²) < 4.78 is 0. The fourth-order valence-electron chi connectivity index (χ4n) is 1.97. The normalized spacial score (nSPS) is 12.0. The maximum absolute atomic E-state index is 12.3. The smallest absolute Gasteiger partial charge is 0.253 e. The topological polar surface area (TPSA) is 80.0 Å². The van der Waals surface area contributed by atoms with E-state index in [1.807, 2.05) is 17.5 Å². The molecule has 1 unspecified atom stereocenters. The van der Waals surface area contributed by atoms with Crippen molar-refractivity contribution in [3.63, 3.8) is 0 Å². The predicted molar refractivity (Wildman–Crippen MR) is 86.5 cm³/mol. The molecule has 0 fully saturated rings. The lowest BCUT2D eigenvalue weighted by Gasteiger charge is -2.17. The number of hydrogen-bond donors (Lipinski definition) is 3. The lowest BCUT2D eigenvalue weighted by atomic mass is 10.1. The van der Waals surface area contributed by atoms with Crippen LogP contribution >= 0.6 is 22.9 Å². The first-order valence-electron chi connectivity index (χ1n) is 6.62. The van der Waals surface area contributed by atoms with Crippen LogP contribution in [0.25, 0.3) is 0 Å². The Hall–Kier alpha value is -1.63. The van der Waals surface area contributed by atoms with Gasteiger partial charge < -0.3 is 10.7 Å². The van der Waals surface area contributed by atoms with Gasteiger partial charge in [-0.25, -0.2) is 10.8 Å². The number of halogens is 1. The number of amides is 1. The Morgan fingerprint density at radius 3 is 2.95 bits per heavy atom. The Kier molecular flexibility index (Phi) is 5.55. The zero-order chi connectivity index (χ0) is 15.2. The van der Waals surface area contributed by atoms with Gasteiger partial charge >= 0.3 is 0 Å². The van der Waals surface area contributed by atoms with Crippen LogP contribution in [0.15, 0.2) is 29.8 Å². The van der Waals surface area contributed by atoms with E-state index in [1.54, 1.807) is 17.4 Å². The highest BCUT2D eigenvalue weighted by Crippen LogP contribution is 2.24. The first kappa shape index (κ1) is 15.8. The summed E-state index contributed by atoms with van der Waals surface area (Å²) in [4.78, 5) is 17.5. The van der Waals surface area contributed by atoms with E-state index in [9.17, 15) is 4.79 Å². The summed E-state index contributed by atoms with van der Waals surface area (Å²) in [6, 6.07) is 5.57. The molecule has 5 nitrogen and oxygen atoms in total. The van der Waals surface area contributed by atoms with Gasteiger partial charge in [0.1, 0.15) is 0 Å². The van der Waals surface area contributed by atoms with Gasteiger partial charge in [-0.05, 0) is 23.9 Å². The van der Waals surface area contributed by atoms with Gasteiger partial charge in [0.15, 0.2) is 5.82 Å². The monoisotopic (exact) mass is 324 g/mol. The summed E-state index contributed by atoms with van der Waals surface area (Å²) >= 11 is 7.62. The number of hydrogen-bond acceptors (Lipinski definition) is 5. The van der Waals surface area contributed by atoms with E-state index in [0.717, 1.165) is 17.7 Å². The van der Waals surface area contributed by atoms with E-state index in [-0.39, 0.29) is 11.9 Å². The fourth-order valence-corrected chi connectivity index (χ4v) is 3.01. The van der Waals surface area contributed by atoms with Crippen LogP contribution in [-0.2, 0) is 0 Å². The van der Waals surface area contributed by atoms with Gasteiger partial charge in [0.05, 0.1) is 16.6 Å². The van der Waals surface area contributed by atoms with E-state index in [0.29, 0.717) is 16.4 Å². The second-order valence-electron chi connectivity index (χ2n) is 4.53. The Morgan fingerprint density at radius 1 is 1.57 bits per heavy atom. The van der Waals surface area contributed by atoms with Crippen molar-refractivity contribution in [3.8, 4) is 0 Å². The molecule has 0 aliphatic heterocycles. The Balaban J connectivity index is 2.13. The average molecular weight is 325 g/mol. The number of pyridine rings is 1. The molecule has 4 N–H and O–H groups in total. The highest BCUT2D eigenvalue weighted by atomic mass is 35.5. The standard InChI is InChI=1S/C14H17ClN4OS/c1-2-4-11(12-5-3-6-21-12)18-14(20)9-7-10(15)13(19-16)17-8-9/h3,5-8,11H,2,4,16H2,1H3,(H,17,19)(H,18,20). The average Bonchev–Trinajstić information content (AvgIpc) is 3.00.